The van der Waals surface area contributed by atoms with Crippen LogP contribution in [0.5, 0.6) is 0 Å². The Labute approximate surface area is 132 Å². The summed E-state index contributed by atoms with van der Waals surface area (Å²) in [6.45, 7) is 0. The van der Waals surface area contributed by atoms with Crippen molar-refractivity contribution in [1.29, 1.82) is 0 Å². The molecule has 0 N–H and O–H groups in total. The van der Waals surface area contributed by atoms with Gasteiger partial charge in [0.1, 0.15) is 0 Å². The lowest BCUT2D eigenvalue weighted by Gasteiger charge is -2.11. The molecule has 0 unspecified atom stereocenters. The van der Waals surface area contributed by atoms with E-state index in [1.807, 2.05) is 0 Å². The van der Waals surface area contributed by atoms with Crippen molar-refractivity contribution >= 4 is 92.0 Å². The third-order valence-electron chi connectivity index (χ3n) is 2.20. The fourth-order valence-corrected chi connectivity index (χ4v) is 3.17. The zero-order valence-corrected chi connectivity index (χ0v) is 13.0. The molecule has 0 amide bonds. The van der Waals surface area contributed by atoms with Crippen molar-refractivity contribution in [2.24, 2.45) is 0 Å². The first-order valence-corrected chi connectivity index (χ1v) is 6.80. The van der Waals surface area contributed by atoms with Crippen LogP contribution in [-0.2, 0) is 0 Å². The monoisotopic (exact) mass is 366 g/mol. The Hall–Kier alpha value is 0.730. The topological polar surface area (TPSA) is 0 Å². The van der Waals surface area contributed by atoms with Gasteiger partial charge in [-0.05, 0) is 6.07 Å². The maximum Gasteiger partial charge on any atom is 0.0800 e. The summed E-state index contributed by atoms with van der Waals surface area (Å²) in [4.78, 5) is 0. The van der Waals surface area contributed by atoms with E-state index in [1.54, 1.807) is 6.07 Å². The summed E-state index contributed by atoms with van der Waals surface area (Å²) in [5.41, 5.74) is 0. The van der Waals surface area contributed by atoms with E-state index in [1.165, 1.54) is 0 Å². The van der Waals surface area contributed by atoms with Crippen LogP contribution in [0.25, 0.3) is 10.8 Å². The molecular formula is C10HCl7. The van der Waals surface area contributed by atoms with Gasteiger partial charge in [-0.3, -0.25) is 0 Å². The van der Waals surface area contributed by atoms with Crippen LogP contribution in [0.2, 0.25) is 35.2 Å². The SMILES string of the molecule is Clc1cc2c(Cl)c(Cl)c(Cl)c(Cl)c2c(Cl)c1Cl. The minimum Gasteiger partial charge on any atom is -0.0826 e. The molecule has 0 saturated carbocycles. The predicted octanol–water partition coefficient (Wildman–Crippen LogP) is 7.41. The van der Waals surface area contributed by atoms with Gasteiger partial charge in [0.25, 0.3) is 0 Å². The minimum atomic E-state index is 0.131. The van der Waals surface area contributed by atoms with Crippen molar-refractivity contribution in [3.05, 3.63) is 41.2 Å². The van der Waals surface area contributed by atoms with E-state index in [0.717, 1.165) is 0 Å². The van der Waals surface area contributed by atoms with E-state index in [9.17, 15) is 0 Å². The second-order valence-corrected chi connectivity index (χ2v) is 5.84. The highest BCUT2D eigenvalue weighted by Gasteiger charge is 2.20. The van der Waals surface area contributed by atoms with Crippen molar-refractivity contribution in [3.8, 4) is 0 Å². The number of benzene rings is 2. The summed E-state index contributed by atoms with van der Waals surface area (Å²) in [6.07, 6.45) is 0. The molecule has 17 heavy (non-hydrogen) atoms. The molecule has 0 bridgehead atoms. The number of rotatable bonds is 0. The molecule has 7 heteroatoms. The molecule has 2 aromatic rings. The van der Waals surface area contributed by atoms with Gasteiger partial charge in [-0.15, -0.1) is 0 Å². The average molecular weight is 369 g/mol. The lowest BCUT2D eigenvalue weighted by Crippen LogP contribution is -1.85. The number of hydrogen-bond donors (Lipinski definition) is 0. The van der Waals surface area contributed by atoms with E-state index in [0.29, 0.717) is 10.8 Å². The van der Waals surface area contributed by atoms with Gasteiger partial charge in [-0.1, -0.05) is 81.2 Å². The van der Waals surface area contributed by atoms with Gasteiger partial charge in [0, 0.05) is 10.8 Å². The van der Waals surface area contributed by atoms with Gasteiger partial charge in [-0.2, -0.15) is 0 Å². The number of hydrogen-bond acceptors (Lipinski definition) is 0. The van der Waals surface area contributed by atoms with Crippen LogP contribution in [0.4, 0.5) is 0 Å². The van der Waals surface area contributed by atoms with Crippen molar-refractivity contribution in [2.45, 2.75) is 0 Å². The van der Waals surface area contributed by atoms with Gasteiger partial charge >= 0.3 is 0 Å². The van der Waals surface area contributed by atoms with E-state index in [-0.39, 0.29) is 35.2 Å². The number of fused-ring (bicyclic) bond motifs is 1. The van der Waals surface area contributed by atoms with Gasteiger partial charge in [0.15, 0.2) is 0 Å². The maximum atomic E-state index is 6.07. The fourth-order valence-electron chi connectivity index (χ4n) is 1.40. The van der Waals surface area contributed by atoms with Crippen LogP contribution < -0.4 is 0 Å². The van der Waals surface area contributed by atoms with Crippen molar-refractivity contribution in [2.75, 3.05) is 0 Å². The lowest BCUT2D eigenvalue weighted by molar-refractivity contribution is 1.73. The molecule has 0 nitrogen and oxygen atoms in total. The quantitative estimate of drug-likeness (QED) is 0.335. The largest absolute Gasteiger partial charge is 0.0826 e. The molecule has 0 aliphatic rings. The predicted molar refractivity (Wildman–Crippen MR) is 79.0 cm³/mol. The van der Waals surface area contributed by atoms with Crippen LogP contribution in [0.1, 0.15) is 0 Å². The third kappa shape index (κ3) is 2.19. The molecule has 90 valence electrons. The zero-order valence-electron chi connectivity index (χ0n) is 7.72. The molecule has 0 atom stereocenters. The Morgan fingerprint density at radius 3 is 1.59 bits per heavy atom. The van der Waals surface area contributed by atoms with Crippen molar-refractivity contribution < 1.29 is 0 Å². The smallest absolute Gasteiger partial charge is 0.0800 e. The highest BCUT2D eigenvalue weighted by Crippen LogP contribution is 2.48. The Kier molecular flexibility index (Phi) is 4.17. The van der Waals surface area contributed by atoms with Gasteiger partial charge in [0.05, 0.1) is 35.2 Å². The first kappa shape index (κ1) is 14.1. The molecule has 0 aromatic heterocycles. The van der Waals surface area contributed by atoms with Gasteiger partial charge in [-0.25, -0.2) is 0 Å². The number of halogens is 7. The molecule has 0 fully saturated rings. The lowest BCUT2D eigenvalue weighted by atomic mass is 10.1. The molecule has 0 spiro atoms. The summed E-state index contributed by atoms with van der Waals surface area (Å²) in [5, 5.41) is 2.30. The van der Waals surface area contributed by atoms with Crippen molar-refractivity contribution in [3.63, 3.8) is 0 Å². The van der Waals surface area contributed by atoms with E-state index < -0.39 is 0 Å². The molecular weight excluding hydrogens is 368 g/mol. The molecule has 0 heterocycles. The minimum absolute atomic E-state index is 0.131. The molecule has 0 saturated heterocycles. The van der Waals surface area contributed by atoms with Crippen LogP contribution in [0.3, 0.4) is 0 Å². The van der Waals surface area contributed by atoms with E-state index in [2.05, 4.69) is 0 Å². The second kappa shape index (κ2) is 5.02. The first-order valence-electron chi connectivity index (χ1n) is 4.15. The third-order valence-corrected chi connectivity index (χ3v) is 5.28. The zero-order chi connectivity index (χ0) is 12.9. The van der Waals surface area contributed by atoms with Crippen molar-refractivity contribution in [1.82, 2.24) is 0 Å². The van der Waals surface area contributed by atoms with E-state index >= 15 is 0 Å². The molecule has 0 aliphatic heterocycles. The summed E-state index contributed by atoms with van der Waals surface area (Å²) in [5.74, 6) is 0. The highest BCUT2D eigenvalue weighted by atomic mass is 35.5. The summed E-state index contributed by atoms with van der Waals surface area (Å²) < 4.78 is 0. The Morgan fingerprint density at radius 2 is 1.00 bits per heavy atom. The Morgan fingerprint density at radius 1 is 0.529 bits per heavy atom. The standard InChI is InChI=1S/C10HCl7/c11-3-1-2-4(7(14)6(3)13)8(15)10(17)9(16)5(2)12/h1H. The first-order chi connectivity index (χ1) is 7.86. The van der Waals surface area contributed by atoms with Gasteiger partial charge < -0.3 is 0 Å². The summed E-state index contributed by atoms with van der Waals surface area (Å²) >= 11 is 41.9. The highest BCUT2D eigenvalue weighted by molar-refractivity contribution is 6.58. The molecule has 0 radical (unpaired) electrons. The summed E-state index contributed by atoms with van der Waals surface area (Å²) in [6, 6.07) is 1.54. The molecule has 2 rings (SSSR count). The second-order valence-electron chi connectivity index (χ2n) is 3.16. The van der Waals surface area contributed by atoms with Crippen LogP contribution in [0, 0.1) is 0 Å². The van der Waals surface area contributed by atoms with E-state index in [4.69, 9.17) is 81.2 Å². The van der Waals surface area contributed by atoms with Crippen LogP contribution in [-0.4, -0.2) is 0 Å². The fraction of sp³-hybridized carbons (Fsp3) is 0. The Bertz CT molecular complexity index is 625. The van der Waals surface area contributed by atoms with Crippen LogP contribution >= 0.6 is 81.2 Å². The molecule has 2 aromatic carbocycles. The van der Waals surface area contributed by atoms with Gasteiger partial charge in [0.2, 0.25) is 0 Å². The summed E-state index contributed by atoms with van der Waals surface area (Å²) in [7, 11) is 0. The maximum absolute atomic E-state index is 6.07. The normalized spacial score (nSPS) is 11.2. The van der Waals surface area contributed by atoms with Crippen LogP contribution in [0.15, 0.2) is 6.07 Å². The molecule has 0 aliphatic carbocycles. The Balaban J connectivity index is 3.12. The average Bonchev–Trinajstić information content (AvgIpc) is 2.30.